The van der Waals surface area contributed by atoms with Crippen LogP contribution in [0.4, 0.5) is 0 Å². The van der Waals surface area contributed by atoms with Gasteiger partial charge in [-0.3, -0.25) is 4.79 Å². The molecule has 1 aromatic rings. The monoisotopic (exact) mass is 176 g/mol. The van der Waals surface area contributed by atoms with Gasteiger partial charge in [0.1, 0.15) is 6.04 Å². The zero-order valence-electron chi connectivity index (χ0n) is 11.2. The molecule has 0 bridgehead atoms. The van der Waals surface area contributed by atoms with Crippen LogP contribution >= 0.6 is 0 Å². The van der Waals surface area contributed by atoms with Gasteiger partial charge in [0.2, 0.25) is 0 Å². The summed E-state index contributed by atoms with van der Waals surface area (Å²) in [4.78, 5) is 10.6. The van der Waals surface area contributed by atoms with E-state index in [2.05, 4.69) is 0 Å². The molecule has 0 heterocycles. The molecule has 0 aliphatic carbocycles. The normalized spacial score (nSPS) is 18.2. The molecule has 0 spiro atoms. The SMILES string of the molecule is [2H][13c]1[13c]([2H])[13c]([2H])[13c](CC(N)C(=O)O)[13c]([2H])[13c]1[2H]. The quantitative estimate of drug-likeness (QED) is 0.710. The molecular weight excluding hydrogens is 160 g/mol. The lowest BCUT2D eigenvalue weighted by Crippen LogP contribution is -2.32. The van der Waals surface area contributed by atoms with E-state index in [1.807, 2.05) is 0 Å². The first-order valence-corrected chi connectivity index (χ1v) is 3.31. The number of rotatable bonds is 3. The Bertz CT molecular complexity index is 448. The number of carbonyl (C=O) groups is 1. The Kier molecular flexibility index (Phi) is 1.31. The van der Waals surface area contributed by atoms with Crippen LogP contribution in [0.2, 0.25) is 0 Å². The van der Waals surface area contributed by atoms with E-state index in [1.54, 1.807) is 0 Å². The Morgan fingerprint density at radius 3 is 2.67 bits per heavy atom. The maximum Gasteiger partial charge on any atom is 0.320 e. The van der Waals surface area contributed by atoms with Crippen LogP contribution in [0.5, 0.6) is 0 Å². The van der Waals surface area contributed by atoms with E-state index in [-0.39, 0.29) is 12.0 Å². The minimum absolute atomic E-state index is 0.0779. The Morgan fingerprint density at radius 1 is 1.58 bits per heavy atom. The smallest absolute Gasteiger partial charge is 0.320 e. The van der Waals surface area contributed by atoms with Gasteiger partial charge in [0, 0.05) is 0 Å². The van der Waals surface area contributed by atoms with Crippen molar-refractivity contribution >= 4 is 5.97 Å². The fourth-order valence-electron chi connectivity index (χ4n) is 0.685. The summed E-state index contributed by atoms with van der Waals surface area (Å²) in [5.74, 6) is -1.28. The Labute approximate surface area is 77.8 Å². The van der Waals surface area contributed by atoms with E-state index in [1.165, 1.54) is 0 Å². The second-order valence-electron chi connectivity index (χ2n) is 2.25. The number of nitrogens with two attached hydrogens (primary N) is 1. The van der Waals surface area contributed by atoms with Gasteiger partial charge in [0.25, 0.3) is 0 Å². The summed E-state index contributed by atoms with van der Waals surface area (Å²) in [5, 5.41) is 8.64. The van der Waals surface area contributed by atoms with Crippen LogP contribution in [-0.2, 0) is 11.2 Å². The third kappa shape index (κ3) is 2.36. The van der Waals surface area contributed by atoms with Crippen LogP contribution in [0.15, 0.2) is 30.2 Å². The van der Waals surface area contributed by atoms with Crippen LogP contribution in [-0.4, -0.2) is 17.1 Å². The second-order valence-corrected chi connectivity index (χ2v) is 2.25. The molecule has 0 fully saturated rings. The van der Waals surface area contributed by atoms with Crippen molar-refractivity contribution in [1.82, 2.24) is 0 Å². The van der Waals surface area contributed by atoms with Gasteiger partial charge in [-0.25, -0.2) is 0 Å². The summed E-state index contributed by atoms with van der Waals surface area (Å²) >= 11 is 0. The molecule has 0 saturated heterocycles. The predicted molar refractivity (Wildman–Crippen MR) is 45.8 cm³/mol. The zero-order valence-corrected chi connectivity index (χ0v) is 6.22. The Morgan fingerprint density at radius 2 is 2.17 bits per heavy atom. The van der Waals surface area contributed by atoms with Crippen LogP contribution in [0.25, 0.3) is 0 Å². The lowest BCUT2D eigenvalue weighted by Gasteiger charge is -2.04. The highest BCUT2D eigenvalue weighted by molar-refractivity contribution is 5.73. The van der Waals surface area contributed by atoms with E-state index in [0.717, 1.165) is 0 Å². The molecule has 1 atom stereocenters. The lowest BCUT2D eigenvalue weighted by atomic mass is 10.3. The molecule has 3 nitrogen and oxygen atoms in total. The number of carboxylic acid groups (broad SMARTS) is 1. The van der Waals surface area contributed by atoms with Crippen molar-refractivity contribution in [2.24, 2.45) is 5.73 Å². The zero-order chi connectivity index (χ0) is 13.3. The first kappa shape index (κ1) is 4.05. The molecule has 12 heavy (non-hydrogen) atoms. The van der Waals surface area contributed by atoms with Gasteiger partial charge in [-0.2, -0.15) is 0 Å². The third-order valence-electron chi connectivity index (χ3n) is 1.29. The van der Waals surface area contributed by atoms with Gasteiger partial charge >= 0.3 is 5.97 Å². The molecule has 0 aliphatic heterocycles. The van der Waals surface area contributed by atoms with Gasteiger partial charge in [0.15, 0.2) is 0 Å². The average molecular weight is 176 g/mol. The highest BCUT2D eigenvalue weighted by atomic mass is 16.4. The van der Waals surface area contributed by atoms with E-state index in [4.69, 9.17) is 17.7 Å². The number of aliphatic carboxylic acids is 1. The van der Waals surface area contributed by atoms with Crippen molar-refractivity contribution < 1.29 is 16.8 Å². The van der Waals surface area contributed by atoms with Crippen LogP contribution in [0, 0.1) is 0 Å². The first-order chi connectivity index (χ1) is 7.77. The Balaban J connectivity index is 3.30. The van der Waals surface area contributed by atoms with E-state index in [9.17, 15) is 4.79 Å². The van der Waals surface area contributed by atoms with Crippen LogP contribution < -0.4 is 5.73 Å². The third-order valence-corrected chi connectivity index (χ3v) is 1.29. The summed E-state index contributed by atoms with van der Waals surface area (Å²) in [5.41, 5.74) is 5.21. The summed E-state index contributed by atoms with van der Waals surface area (Å²) in [7, 11) is 0. The van der Waals surface area contributed by atoms with Crippen molar-refractivity contribution in [3.8, 4) is 0 Å². The average Bonchev–Trinajstić information content (AvgIpc) is 2.29. The summed E-state index contributed by atoms with van der Waals surface area (Å²) < 4.78 is 37.2. The molecule has 1 unspecified atom stereocenters. The minimum atomic E-state index is -1.29. The van der Waals surface area contributed by atoms with Crippen molar-refractivity contribution in [3.63, 3.8) is 0 Å². The molecule has 64 valence electrons. The van der Waals surface area contributed by atoms with Crippen LogP contribution in [0.3, 0.4) is 0 Å². The number of benzene rings is 1. The molecule has 0 aliphatic rings. The van der Waals surface area contributed by atoms with Crippen molar-refractivity contribution in [1.29, 1.82) is 0 Å². The molecule has 3 N–H and O–H groups in total. The maximum absolute atomic E-state index is 10.6. The maximum atomic E-state index is 10.6. The molecule has 0 aromatic heterocycles. The molecule has 0 amide bonds. The van der Waals surface area contributed by atoms with Gasteiger partial charge < -0.3 is 10.8 Å². The fourth-order valence-corrected chi connectivity index (χ4v) is 0.685. The largest absolute Gasteiger partial charge is 0.480 e. The highest BCUT2D eigenvalue weighted by Gasteiger charge is 2.10. The predicted octanol–water partition coefficient (Wildman–Crippen LogP) is 0.641. The Hall–Kier alpha value is -1.35. The number of carboxylic acids is 1. The molecule has 3 heteroatoms. The standard InChI is InChI=1S/C9H11NO2/c10-8(9(11)12)6-7-4-2-1-3-5-7/h1-5,8H,6,10H2,(H,11,12)/i1+1D,2+1D,3+1D,4+1D,5+1D,7+1. The van der Waals surface area contributed by atoms with Crippen LogP contribution in [0.1, 0.15) is 12.4 Å². The summed E-state index contributed by atoms with van der Waals surface area (Å²) in [6, 6.07) is -3.59. The van der Waals surface area contributed by atoms with Crippen molar-refractivity contribution in [2.45, 2.75) is 12.5 Å². The highest BCUT2D eigenvalue weighted by Crippen LogP contribution is 2.01. The number of hydrogen-bond donors (Lipinski definition) is 2. The van der Waals surface area contributed by atoms with Gasteiger partial charge in [-0.05, 0) is 12.0 Å². The summed E-state index contributed by atoms with van der Waals surface area (Å²) in [6.45, 7) is 0. The molecule has 0 radical (unpaired) electrons. The lowest BCUT2D eigenvalue weighted by molar-refractivity contribution is -0.138. The number of hydrogen-bond acceptors (Lipinski definition) is 2. The van der Waals surface area contributed by atoms with Gasteiger partial charge in [0.05, 0.1) is 6.85 Å². The molecule has 0 saturated carbocycles. The topological polar surface area (TPSA) is 63.3 Å². The first-order valence-electron chi connectivity index (χ1n) is 5.81. The molecule has 1 aromatic carbocycles. The van der Waals surface area contributed by atoms with Crippen molar-refractivity contribution in [3.05, 3.63) is 35.8 Å². The minimum Gasteiger partial charge on any atom is -0.480 e. The van der Waals surface area contributed by atoms with Crippen molar-refractivity contribution in [2.75, 3.05) is 0 Å². The van der Waals surface area contributed by atoms with E-state index >= 15 is 0 Å². The van der Waals surface area contributed by atoms with Gasteiger partial charge in [-0.1, -0.05) is 30.2 Å². The fraction of sp³-hybridized carbons (Fsp3) is 0.222. The molecular formula is C9H11NO2. The summed E-state index contributed by atoms with van der Waals surface area (Å²) in [6.07, 6.45) is -0.301. The van der Waals surface area contributed by atoms with E-state index in [0.29, 0.717) is 0 Å². The van der Waals surface area contributed by atoms with Gasteiger partial charge in [-0.15, -0.1) is 0 Å². The van der Waals surface area contributed by atoms with E-state index < -0.39 is 42.2 Å². The molecule has 1 rings (SSSR count). The second kappa shape index (κ2) is 3.88.